The minimum Gasteiger partial charge on any atom is -0.327 e. The molecule has 0 spiro atoms. The molecule has 3 aromatic rings. The smallest absolute Gasteiger partial charge is 0.229 e. The van der Waals surface area contributed by atoms with Gasteiger partial charge in [0, 0.05) is 17.7 Å². The summed E-state index contributed by atoms with van der Waals surface area (Å²) in [6.07, 6.45) is 0. The molecule has 0 saturated heterocycles. The summed E-state index contributed by atoms with van der Waals surface area (Å²) >= 11 is 0. The lowest BCUT2D eigenvalue weighted by Crippen LogP contribution is -2.34. The highest BCUT2D eigenvalue weighted by Crippen LogP contribution is 2.26. The van der Waals surface area contributed by atoms with Crippen LogP contribution < -0.4 is 11.1 Å². The molecule has 2 aromatic carbocycles. The molecule has 2 unspecified atom stereocenters. The Labute approximate surface area is 172 Å². The first-order valence-electron chi connectivity index (χ1n) is 9.20. The summed E-state index contributed by atoms with van der Waals surface area (Å²) in [6.45, 7) is 6.31. The number of carbonyl (C=O) groups excluding carboxylic acids is 1. The molecule has 0 aliphatic carbocycles. The fourth-order valence-electron chi connectivity index (χ4n) is 2.87. The van der Waals surface area contributed by atoms with E-state index in [-0.39, 0.29) is 30.3 Å². The van der Waals surface area contributed by atoms with E-state index in [0.717, 1.165) is 22.4 Å². The third-order valence-corrected chi connectivity index (χ3v) is 4.83. The Morgan fingerprint density at radius 3 is 2.39 bits per heavy atom. The molecule has 1 heterocycles. The van der Waals surface area contributed by atoms with Crippen molar-refractivity contribution in [2.24, 2.45) is 11.7 Å². The summed E-state index contributed by atoms with van der Waals surface area (Å²) in [6, 6.07) is 19.9. The van der Waals surface area contributed by atoms with Crippen molar-refractivity contribution in [2.75, 3.05) is 5.32 Å². The van der Waals surface area contributed by atoms with Gasteiger partial charge in [0.15, 0.2) is 0 Å². The molecular weight excluding hydrogens is 372 g/mol. The number of nitrogens with one attached hydrogen (secondary N) is 1. The molecule has 6 heteroatoms. The number of benzene rings is 2. The molecule has 0 bridgehead atoms. The predicted octanol–water partition coefficient (Wildman–Crippen LogP) is 4.25. The van der Waals surface area contributed by atoms with Crippen LogP contribution in [0.25, 0.3) is 11.3 Å². The largest absolute Gasteiger partial charge is 0.327 e. The SMILES string of the molecule is Cc1ccccc1-c1cc(NC(=O)C(C)C(C)N)n(Cc2ccccc2)n1.Cl. The van der Waals surface area contributed by atoms with E-state index < -0.39 is 0 Å². The zero-order valence-electron chi connectivity index (χ0n) is 16.4. The van der Waals surface area contributed by atoms with Crippen LogP contribution in [0.2, 0.25) is 0 Å². The molecule has 0 radical (unpaired) electrons. The number of aryl methyl sites for hydroxylation is 1. The van der Waals surface area contributed by atoms with Gasteiger partial charge in [-0.25, -0.2) is 4.68 Å². The van der Waals surface area contributed by atoms with E-state index in [1.807, 2.05) is 73.1 Å². The van der Waals surface area contributed by atoms with E-state index in [9.17, 15) is 4.79 Å². The molecule has 28 heavy (non-hydrogen) atoms. The Kier molecular flexibility index (Phi) is 7.38. The molecule has 1 amide bonds. The highest BCUT2D eigenvalue weighted by molar-refractivity contribution is 5.92. The van der Waals surface area contributed by atoms with Crippen LogP contribution in [0.15, 0.2) is 60.7 Å². The zero-order chi connectivity index (χ0) is 19.4. The number of aromatic nitrogens is 2. The summed E-state index contributed by atoms with van der Waals surface area (Å²) in [4.78, 5) is 12.5. The Bertz CT molecular complexity index is 921. The normalized spacial score (nSPS) is 12.7. The average molecular weight is 399 g/mol. The minimum atomic E-state index is -0.285. The summed E-state index contributed by atoms with van der Waals surface area (Å²) in [5, 5.41) is 7.77. The van der Waals surface area contributed by atoms with Crippen LogP contribution in [0.3, 0.4) is 0 Å². The maximum Gasteiger partial charge on any atom is 0.229 e. The van der Waals surface area contributed by atoms with Crippen molar-refractivity contribution in [3.05, 3.63) is 71.8 Å². The van der Waals surface area contributed by atoms with Crippen molar-refractivity contribution >= 4 is 24.1 Å². The van der Waals surface area contributed by atoms with E-state index in [4.69, 9.17) is 10.8 Å². The molecule has 0 saturated carbocycles. The van der Waals surface area contributed by atoms with Gasteiger partial charge in [0.05, 0.1) is 18.2 Å². The zero-order valence-corrected chi connectivity index (χ0v) is 17.2. The van der Waals surface area contributed by atoms with Crippen molar-refractivity contribution in [3.8, 4) is 11.3 Å². The van der Waals surface area contributed by atoms with Crippen LogP contribution in [0.1, 0.15) is 25.0 Å². The first-order valence-corrected chi connectivity index (χ1v) is 9.20. The lowest BCUT2D eigenvalue weighted by atomic mass is 10.0. The van der Waals surface area contributed by atoms with E-state index in [1.165, 1.54) is 0 Å². The average Bonchev–Trinajstić information content (AvgIpc) is 3.04. The van der Waals surface area contributed by atoms with Crippen LogP contribution in [0.4, 0.5) is 5.82 Å². The number of carbonyl (C=O) groups is 1. The van der Waals surface area contributed by atoms with Gasteiger partial charge >= 0.3 is 0 Å². The Hall–Kier alpha value is -2.63. The molecule has 0 fully saturated rings. The molecular formula is C22H27ClN4O. The van der Waals surface area contributed by atoms with Gasteiger partial charge in [0.2, 0.25) is 5.91 Å². The van der Waals surface area contributed by atoms with Gasteiger partial charge in [-0.05, 0) is 25.0 Å². The number of nitrogens with zero attached hydrogens (tertiary/aromatic N) is 2. The van der Waals surface area contributed by atoms with Crippen LogP contribution in [-0.4, -0.2) is 21.7 Å². The van der Waals surface area contributed by atoms with Crippen molar-refractivity contribution in [3.63, 3.8) is 0 Å². The summed E-state index contributed by atoms with van der Waals surface area (Å²) < 4.78 is 1.84. The number of nitrogens with two attached hydrogens (primary N) is 1. The fraction of sp³-hybridized carbons (Fsp3) is 0.273. The lowest BCUT2D eigenvalue weighted by Gasteiger charge is -2.16. The first-order chi connectivity index (χ1) is 13.0. The second-order valence-electron chi connectivity index (χ2n) is 7.01. The Morgan fingerprint density at radius 1 is 1.11 bits per heavy atom. The minimum absolute atomic E-state index is 0. The lowest BCUT2D eigenvalue weighted by molar-refractivity contribution is -0.119. The molecule has 148 valence electrons. The van der Waals surface area contributed by atoms with Crippen molar-refractivity contribution in [1.82, 2.24) is 9.78 Å². The second-order valence-corrected chi connectivity index (χ2v) is 7.01. The number of hydrogen-bond acceptors (Lipinski definition) is 3. The monoisotopic (exact) mass is 398 g/mol. The van der Waals surface area contributed by atoms with Crippen molar-refractivity contribution in [1.29, 1.82) is 0 Å². The maximum absolute atomic E-state index is 12.5. The first kappa shape index (κ1) is 21.7. The van der Waals surface area contributed by atoms with E-state index in [2.05, 4.69) is 18.3 Å². The van der Waals surface area contributed by atoms with Crippen LogP contribution in [0, 0.1) is 12.8 Å². The molecule has 3 N–H and O–H groups in total. The topological polar surface area (TPSA) is 72.9 Å². The predicted molar refractivity (Wildman–Crippen MR) is 117 cm³/mol. The highest BCUT2D eigenvalue weighted by atomic mass is 35.5. The third-order valence-electron chi connectivity index (χ3n) is 4.83. The van der Waals surface area contributed by atoms with Crippen LogP contribution >= 0.6 is 12.4 Å². The van der Waals surface area contributed by atoms with Gasteiger partial charge in [-0.15, -0.1) is 12.4 Å². The summed E-state index contributed by atoms with van der Waals surface area (Å²) in [5.74, 6) is 0.289. The number of hydrogen-bond donors (Lipinski definition) is 2. The fourth-order valence-corrected chi connectivity index (χ4v) is 2.87. The molecule has 0 aliphatic rings. The van der Waals surface area contributed by atoms with Crippen molar-refractivity contribution in [2.45, 2.75) is 33.4 Å². The maximum atomic E-state index is 12.5. The molecule has 2 atom stereocenters. The number of amides is 1. The standard InChI is InChI=1S/C22H26N4O.ClH/c1-15-9-7-8-12-19(15)20-13-21(24-22(27)16(2)17(3)23)26(25-20)14-18-10-5-4-6-11-18;/h4-13,16-17H,14,23H2,1-3H3,(H,24,27);1H. The van der Waals surface area contributed by atoms with Crippen molar-refractivity contribution < 1.29 is 4.79 Å². The van der Waals surface area contributed by atoms with E-state index in [1.54, 1.807) is 0 Å². The molecule has 1 aromatic heterocycles. The van der Waals surface area contributed by atoms with Gasteiger partial charge in [0.1, 0.15) is 5.82 Å². The summed E-state index contributed by atoms with van der Waals surface area (Å²) in [5.41, 5.74) is 10.0. The Balaban J connectivity index is 0.00000280. The second kappa shape index (κ2) is 9.53. The summed E-state index contributed by atoms with van der Waals surface area (Å²) in [7, 11) is 0. The third kappa shape index (κ3) is 5.00. The highest BCUT2D eigenvalue weighted by Gasteiger charge is 2.20. The van der Waals surface area contributed by atoms with Crippen LogP contribution in [0.5, 0.6) is 0 Å². The quantitative estimate of drug-likeness (QED) is 0.651. The van der Waals surface area contributed by atoms with Gasteiger partial charge in [-0.1, -0.05) is 61.5 Å². The van der Waals surface area contributed by atoms with Gasteiger partial charge in [0.25, 0.3) is 0 Å². The molecule has 3 rings (SSSR count). The number of rotatable bonds is 6. The van der Waals surface area contributed by atoms with Gasteiger partial charge in [-0.2, -0.15) is 5.10 Å². The van der Waals surface area contributed by atoms with Crippen LogP contribution in [-0.2, 0) is 11.3 Å². The van der Waals surface area contributed by atoms with Gasteiger partial charge in [-0.3, -0.25) is 4.79 Å². The van der Waals surface area contributed by atoms with E-state index in [0.29, 0.717) is 12.4 Å². The Morgan fingerprint density at radius 2 is 1.75 bits per heavy atom. The molecule has 0 aliphatic heterocycles. The van der Waals surface area contributed by atoms with Gasteiger partial charge < -0.3 is 11.1 Å². The van der Waals surface area contributed by atoms with E-state index >= 15 is 0 Å². The number of halogens is 1. The molecule has 5 nitrogen and oxygen atoms in total. The number of anilines is 1.